The fourth-order valence-corrected chi connectivity index (χ4v) is 0.684. The zero-order chi connectivity index (χ0) is 9.40. The summed E-state index contributed by atoms with van der Waals surface area (Å²) in [5, 5.41) is 8.29. The lowest BCUT2D eigenvalue weighted by Gasteiger charge is -2.11. The van der Waals surface area contributed by atoms with E-state index < -0.39 is 6.03 Å². The molecule has 0 aromatic carbocycles. The van der Waals surface area contributed by atoms with Crippen molar-refractivity contribution in [3.8, 4) is 6.07 Å². The van der Waals surface area contributed by atoms with Crippen LogP contribution in [0.1, 0.15) is 13.3 Å². The lowest BCUT2D eigenvalue weighted by Crippen LogP contribution is -2.27. The fraction of sp³-hybridized carbons (Fsp3) is 0.571. The van der Waals surface area contributed by atoms with Gasteiger partial charge in [0.05, 0.1) is 12.1 Å². The van der Waals surface area contributed by atoms with Gasteiger partial charge in [-0.3, -0.25) is 4.90 Å². The highest BCUT2D eigenvalue weighted by molar-refractivity contribution is 6.18. The van der Waals surface area contributed by atoms with Crippen molar-refractivity contribution in [2.75, 3.05) is 12.5 Å². The van der Waals surface area contributed by atoms with Gasteiger partial charge in [0.15, 0.2) is 0 Å². The molecule has 0 aliphatic rings. The second-order valence-electron chi connectivity index (χ2n) is 1.98. The Morgan fingerprint density at radius 2 is 2.50 bits per heavy atom. The highest BCUT2D eigenvalue weighted by Crippen LogP contribution is 1.94. The van der Waals surface area contributed by atoms with Gasteiger partial charge in [-0.05, 0) is 6.42 Å². The first-order valence-electron chi connectivity index (χ1n) is 3.50. The molecule has 0 rings (SSSR count). The molecule has 0 radical (unpaired) electrons. The van der Waals surface area contributed by atoms with Crippen LogP contribution in [0.3, 0.4) is 0 Å². The lowest BCUT2D eigenvalue weighted by atomic mass is 10.5. The topological polar surface area (TPSA) is 56.5 Å². The maximum atomic E-state index is 11.0. The van der Waals surface area contributed by atoms with E-state index in [0.717, 1.165) is 4.90 Å². The Kier molecular flexibility index (Phi) is 6.02. The van der Waals surface area contributed by atoms with E-state index in [1.807, 2.05) is 13.0 Å². The SMILES string of the molecule is CC/C=N/C(=O)N(CCl)CC#N. The smallest absolute Gasteiger partial charge is 0.296 e. The Labute approximate surface area is 76.4 Å². The van der Waals surface area contributed by atoms with Crippen molar-refractivity contribution in [1.29, 1.82) is 5.26 Å². The third-order valence-corrected chi connectivity index (χ3v) is 1.35. The average molecular weight is 188 g/mol. The summed E-state index contributed by atoms with van der Waals surface area (Å²) in [5.41, 5.74) is 0. The molecule has 2 amide bonds. The molecule has 0 atom stereocenters. The zero-order valence-electron chi connectivity index (χ0n) is 6.83. The maximum Gasteiger partial charge on any atom is 0.345 e. The number of aliphatic imine (C=N–C) groups is 1. The molecule has 0 N–H and O–H groups in total. The molecule has 0 saturated carbocycles. The monoisotopic (exact) mass is 187 g/mol. The molecule has 0 aliphatic heterocycles. The van der Waals surface area contributed by atoms with Crippen LogP contribution < -0.4 is 0 Å². The Bertz CT molecular complexity index is 209. The lowest BCUT2D eigenvalue weighted by molar-refractivity contribution is 0.221. The van der Waals surface area contributed by atoms with Gasteiger partial charge in [-0.2, -0.15) is 5.26 Å². The predicted molar refractivity (Wildman–Crippen MR) is 47.2 cm³/mol. The van der Waals surface area contributed by atoms with E-state index in [0.29, 0.717) is 6.42 Å². The van der Waals surface area contributed by atoms with Crippen LogP contribution in [0.4, 0.5) is 4.79 Å². The number of hydrogen-bond acceptors (Lipinski definition) is 2. The van der Waals surface area contributed by atoms with E-state index in [-0.39, 0.29) is 12.5 Å². The first kappa shape index (κ1) is 10.9. The van der Waals surface area contributed by atoms with Gasteiger partial charge in [0, 0.05) is 6.21 Å². The van der Waals surface area contributed by atoms with Crippen LogP contribution in [-0.4, -0.2) is 29.7 Å². The van der Waals surface area contributed by atoms with Crippen LogP contribution >= 0.6 is 11.6 Å². The van der Waals surface area contributed by atoms with Gasteiger partial charge in [0.2, 0.25) is 0 Å². The van der Waals surface area contributed by atoms with E-state index in [1.54, 1.807) is 0 Å². The summed E-state index contributed by atoms with van der Waals surface area (Å²) in [4.78, 5) is 15.7. The van der Waals surface area contributed by atoms with Crippen LogP contribution in [0.25, 0.3) is 0 Å². The van der Waals surface area contributed by atoms with Crippen molar-refractivity contribution in [2.24, 2.45) is 4.99 Å². The minimum absolute atomic E-state index is 0.00650. The summed E-state index contributed by atoms with van der Waals surface area (Å²) >= 11 is 5.40. The predicted octanol–water partition coefficient (Wildman–Crippen LogP) is 1.61. The maximum absolute atomic E-state index is 11.0. The number of hydrogen-bond donors (Lipinski definition) is 0. The molecule has 0 aromatic heterocycles. The number of alkyl halides is 1. The summed E-state index contributed by atoms with van der Waals surface area (Å²) in [6.45, 7) is 1.84. The second kappa shape index (κ2) is 6.62. The minimum Gasteiger partial charge on any atom is -0.296 e. The average Bonchev–Trinajstić information content (AvgIpc) is 2.10. The number of amides is 2. The van der Waals surface area contributed by atoms with Crippen LogP contribution in [-0.2, 0) is 0 Å². The van der Waals surface area contributed by atoms with E-state index in [1.165, 1.54) is 6.21 Å². The van der Waals surface area contributed by atoms with Crippen molar-refractivity contribution in [2.45, 2.75) is 13.3 Å². The van der Waals surface area contributed by atoms with Gasteiger partial charge >= 0.3 is 6.03 Å². The molecule has 0 heterocycles. The quantitative estimate of drug-likeness (QED) is 0.292. The normalized spacial score (nSPS) is 9.75. The van der Waals surface area contributed by atoms with Gasteiger partial charge < -0.3 is 0 Å². The van der Waals surface area contributed by atoms with E-state index in [4.69, 9.17) is 16.9 Å². The van der Waals surface area contributed by atoms with E-state index >= 15 is 0 Å². The molecule has 0 spiro atoms. The highest BCUT2D eigenvalue weighted by Gasteiger charge is 2.08. The van der Waals surface area contributed by atoms with Gasteiger partial charge in [-0.1, -0.05) is 6.92 Å². The van der Waals surface area contributed by atoms with E-state index in [9.17, 15) is 4.79 Å². The molecule has 66 valence electrons. The Morgan fingerprint density at radius 3 is 2.92 bits per heavy atom. The van der Waals surface area contributed by atoms with Crippen LogP contribution in [0.5, 0.6) is 0 Å². The van der Waals surface area contributed by atoms with Gasteiger partial charge in [0.25, 0.3) is 0 Å². The van der Waals surface area contributed by atoms with Gasteiger partial charge in [0.1, 0.15) is 6.54 Å². The molecule has 12 heavy (non-hydrogen) atoms. The van der Waals surface area contributed by atoms with E-state index in [2.05, 4.69) is 4.99 Å². The van der Waals surface area contributed by atoms with Crippen LogP contribution in [0.2, 0.25) is 0 Å². The van der Waals surface area contributed by atoms with Crippen molar-refractivity contribution in [1.82, 2.24) is 4.90 Å². The summed E-state index contributed by atoms with van der Waals surface area (Å²) < 4.78 is 0. The standard InChI is InChI=1S/C7H10ClN3O/c1-2-4-10-7(12)11(6-8)5-3-9/h4H,2,5-6H2,1H3/b10-4+. The number of urea groups is 1. The van der Waals surface area contributed by atoms with Gasteiger partial charge in [-0.25, -0.2) is 9.79 Å². The molecule has 0 unspecified atom stereocenters. The largest absolute Gasteiger partial charge is 0.345 e. The molecule has 0 saturated heterocycles. The second-order valence-corrected chi connectivity index (χ2v) is 2.22. The first-order valence-corrected chi connectivity index (χ1v) is 4.04. The number of nitriles is 1. The molecule has 5 heteroatoms. The summed E-state index contributed by atoms with van der Waals surface area (Å²) in [6, 6.07) is 1.35. The highest BCUT2D eigenvalue weighted by atomic mass is 35.5. The molecule has 0 aromatic rings. The third kappa shape index (κ3) is 3.94. The summed E-state index contributed by atoms with van der Waals surface area (Å²) in [7, 11) is 0. The Balaban J connectivity index is 4.04. The van der Waals surface area contributed by atoms with Crippen molar-refractivity contribution >= 4 is 23.8 Å². The first-order chi connectivity index (χ1) is 5.76. The third-order valence-electron chi connectivity index (χ3n) is 1.06. The number of halogens is 1. The zero-order valence-corrected chi connectivity index (χ0v) is 7.58. The van der Waals surface area contributed by atoms with Gasteiger partial charge in [-0.15, -0.1) is 11.6 Å². The van der Waals surface area contributed by atoms with Crippen molar-refractivity contribution < 1.29 is 4.79 Å². The number of carbonyl (C=O) groups excluding carboxylic acids is 1. The van der Waals surface area contributed by atoms with Crippen molar-refractivity contribution in [3.63, 3.8) is 0 Å². The van der Waals surface area contributed by atoms with Crippen LogP contribution in [0.15, 0.2) is 4.99 Å². The summed E-state index contributed by atoms with van der Waals surface area (Å²) in [6.07, 6.45) is 2.17. The number of nitrogens with zero attached hydrogens (tertiary/aromatic N) is 3. The molecule has 0 bridgehead atoms. The molecular formula is C7H10ClN3O. The number of rotatable bonds is 3. The summed E-state index contributed by atoms with van der Waals surface area (Å²) in [5.74, 6) is 0. The minimum atomic E-state index is -0.464. The molecule has 0 aliphatic carbocycles. The molecular weight excluding hydrogens is 178 g/mol. The molecule has 4 nitrogen and oxygen atoms in total. The number of carbonyl (C=O) groups is 1. The Morgan fingerprint density at radius 1 is 1.83 bits per heavy atom. The van der Waals surface area contributed by atoms with Crippen LogP contribution in [0, 0.1) is 11.3 Å². The van der Waals surface area contributed by atoms with Crippen molar-refractivity contribution in [3.05, 3.63) is 0 Å². The fourth-order valence-electron chi connectivity index (χ4n) is 0.497. The molecule has 0 fully saturated rings. The Hall–Kier alpha value is -1.08.